The van der Waals surface area contributed by atoms with Crippen LogP contribution in [0.3, 0.4) is 0 Å². The summed E-state index contributed by atoms with van der Waals surface area (Å²) >= 11 is 0. The van der Waals surface area contributed by atoms with Crippen molar-refractivity contribution in [1.82, 2.24) is 0 Å². The van der Waals surface area contributed by atoms with Gasteiger partial charge in [-0.2, -0.15) is 0 Å². The summed E-state index contributed by atoms with van der Waals surface area (Å²) < 4.78 is 12.5. The normalized spacial score (nSPS) is 11.8. The SMILES string of the molecule is c1ccc2c(-c3ccc(N(c4ccc(-c5ccc6c(ccc7c8ccccc8oc67)c5)cc4)c4ccc5oc6ccccc6c5c4)cc3)cccc2c1. The van der Waals surface area contributed by atoms with E-state index in [9.17, 15) is 0 Å². The summed E-state index contributed by atoms with van der Waals surface area (Å²) in [6, 6.07) is 66.9. The second kappa shape index (κ2) is 11.7. The Labute approximate surface area is 305 Å². The zero-order chi connectivity index (χ0) is 34.9. The van der Waals surface area contributed by atoms with E-state index < -0.39 is 0 Å². The number of hydrogen-bond acceptors (Lipinski definition) is 3. The summed E-state index contributed by atoms with van der Waals surface area (Å²) in [5.41, 5.74) is 11.6. The summed E-state index contributed by atoms with van der Waals surface area (Å²) in [4.78, 5) is 2.33. The Kier molecular flexibility index (Phi) is 6.55. The van der Waals surface area contributed by atoms with E-state index in [4.69, 9.17) is 8.83 Å². The van der Waals surface area contributed by atoms with Crippen LogP contribution in [0.2, 0.25) is 0 Å². The molecular weight excluding hydrogens is 647 g/mol. The summed E-state index contributed by atoms with van der Waals surface area (Å²) in [6.07, 6.45) is 0. The number of furan rings is 2. The van der Waals surface area contributed by atoms with Crippen molar-refractivity contribution in [1.29, 1.82) is 0 Å². The molecule has 0 radical (unpaired) electrons. The maximum Gasteiger partial charge on any atom is 0.143 e. The van der Waals surface area contributed by atoms with Crippen LogP contribution in [0.15, 0.2) is 197 Å². The molecule has 2 heterocycles. The molecule has 0 aliphatic carbocycles. The first kappa shape index (κ1) is 29.6. The molecule has 0 saturated carbocycles. The summed E-state index contributed by atoms with van der Waals surface area (Å²) in [6.45, 7) is 0. The lowest BCUT2D eigenvalue weighted by atomic mass is 9.98. The highest BCUT2D eigenvalue weighted by atomic mass is 16.3. The number of benzene rings is 9. The topological polar surface area (TPSA) is 29.5 Å². The summed E-state index contributed by atoms with van der Waals surface area (Å²) in [7, 11) is 0. The van der Waals surface area contributed by atoms with Gasteiger partial charge in [-0.05, 0) is 111 Å². The van der Waals surface area contributed by atoms with Gasteiger partial charge in [0.1, 0.15) is 22.3 Å². The van der Waals surface area contributed by atoms with E-state index in [1.807, 2.05) is 24.3 Å². The Hall–Kier alpha value is -7.10. The van der Waals surface area contributed by atoms with Gasteiger partial charge in [-0.3, -0.25) is 0 Å². The van der Waals surface area contributed by atoms with Crippen molar-refractivity contribution < 1.29 is 8.83 Å². The van der Waals surface area contributed by atoms with Gasteiger partial charge in [0.15, 0.2) is 0 Å². The lowest BCUT2D eigenvalue weighted by Gasteiger charge is -2.26. The highest BCUT2D eigenvalue weighted by Gasteiger charge is 2.17. The van der Waals surface area contributed by atoms with Crippen LogP contribution < -0.4 is 4.90 Å². The van der Waals surface area contributed by atoms with Crippen molar-refractivity contribution in [2.45, 2.75) is 0 Å². The van der Waals surface area contributed by atoms with Crippen LogP contribution in [0.4, 0.5) is 17.1 Å². The molecule has 0 unspecified atom stereocenters. The van der Waals surface area contributed by atoms with Crippen LogP contribution in [0.1, 0.15) is 0 Å². The van der Waals surface area contributed by atoms with Gasteiger partial charge in [-0.15, -0.1) is 0 Å². The van der Waals surface area contributed by atoms with E-state index in [0.717, 1.165) is 82.8 Å². The minimum absolute atomic E-state index is 0.882. The predicted molar refractivity (Wildman–Crippen MR) is 222 cm³/mol. The molecule has 0 atom stereocenters. The molecule has 9 aromatic carbocycles. The second-order valence-corrected chi connectivity index (χ2v) is 13.7. The third-order valence-corrected chi connectivity index (χ3v) is 10.7. The molecule has 0 spiro atoms. The van der Waals surface area contributed by atoms with Crippen molar-refractivity contribution in [2.24, 2.45) is 0 Å². The molecule has 0 aliphatic rings. The van der Waals surface area contributed by atoms with Crippen LogP contribution in [-0.2, 0) is 0 Å². The zero-order valence-corrected chi connectivity index (χ0v) is 28.7. The first-order chi connectivity index (χ1) is 26.2. The third-order valence-electron chi connectivity index (χ3n) is 10.7. The third kappa shape index (κ3) is 4.82. The molecule has 0 amide bonds. The van der Waals surface area contributed by atoms with E-state index in [1.54, 1.807) is 0 Å². The number of nitrogens with zero attached hydrogens (tertiary/aromatic N) is 1. The minimum Gasteiger partial charge on any atom is -0.456 e. The van der Waals surface area contributed by atoms with E-state index in [0.29, 0.717) is 0 Å². The van der Waals surface area contributed by atoms with Gasteiger partial charge in [-0.25, -0.2) is 0 Å². The molecular formula is C50H31NO2. The first-order valence-corrected chi connectivity index (χ1v) is 18.0. The van der Waals surface area contributed by atoms with Crippen molar-refractivity contribution in [3.8, 4) is 22.3 Å². The Morgan fingerprint density at radius 3 is 1.68 bits per heavy atom. The van der Waals surface area contributed by atoms with Crippen molar-refractivity contribution in [3.63, 3.8) is 0 Å². The fourth-order valence-corrected chi connectivity index (χ4v) is 8.06. The average molecular weight is 678 g/mol. The number of rotatable bonds is 5. The minimum atomic E-state index is 0.882. The molecule has 248 valence electrons. The molecule has 3 nitrogen and oxygen atoms in total. The maximum atomic E-state index is 6.32. The Bertz CT molecular complexity index is 3160. The van der Waals surface area contributed by atoms with Crippen molar-refractivity contribution in [2.75, 3.05) is 4.90 Å². The van der Waals surface area contributed by atoms with Gasteiger partial charge in [0.2, 0.25) is 0 Å². The highest BCUT2D eigenvalue weighted by Crippen LogP contribution is 2.41. The fraction of sp³-hybridized carbons (Fsp3) is 0. The molecule has 11 rings (SSSR count). The molecule has 0 saturated heterocycles. The van der Waals surface area contributed by atoms with Gasteiger partial charge < -0.3 is 13.7 Å². The van der Waals surface area contributed by atoms with Crippen molar-refractivity contribution >= 4 is 82.5 Å². The zero-order valence-electron chi connectivity index (χ0n) is 28.7. The summed E-state index contributed by atoms with van der Waals surface area (Å²) in [5, 5.41) is 9.29. The fourth-order valence-electron chi connectivity index (χ4n) is 8.06. The second-order valence-electron chi connectivity index (χ2n) is 13.7. The monoisotopic (exact) mass is 677 g/mol. The van der Waals surface area contributed by atoms with E-state index >= 15 is 0 Å². The van der Waals surface area contributed by atoms with Crippen LogP contribution in [-0.4, -0.2) is 0 Å². The Morgan fingerprint density at radius 1 is 0.302 bits per heavy atom. The molecule has 0 fully saturated rings. The summed E-state index contributed by atoms with van der Waals surface area (Å²) in [5.74, 6) is 0. The number of para-hydroxylation sites is 2. The maximum absolute atomic E-state index is 6.32. The van der Waals surface area contributed by atoms with Gasteiger partial charge in [0, 0.05) is 44.0 Å². The first-order valence-electron chi connectivity index (χ1n) is 18.0. The molecule has 0 aliphatic heterocycles. The molecule has 0 N–H and O–H groups in total. The smallest absolute Gasteiger partial charge is 0.143 e. The predicted octanol–water partition coefficient (Wildman–Crippen LogP) is 14.6. The van der Waals surface area contributed by atoms with Gasteiger partial charge in [0.05, 0.1) is 0 Å². The van der Waals surface area contributed by atoms with Gasteiger partial charge in [0.25, 0.3) is 0 Å². The quantitative estimate of drug-likeness (QED) is 0.182. The molecule has 53 heavy (non-hydrogen) atoms. The van der Waals surface area contributed by atoms with Gasteiger partial charge >= 0.3 is 0 Å². The number of fused-ring (bicyclic) bond motifs is 9. The lowest BCUT2D eigenvalue weighted by Crippen LogP contribution is -2.09. The van der Waals surface area contributed by atoms with Crippen LogP contribution in [0, 0.1) is 0 Å². The average Bonchev–Trinajstić information content (AvgIpc) is 3.80. The van der Waals surface area contributed by atoms with Crippen LogP contribution in [0.25, 0.3) is 87.7 Å². The molecule has 11 aromatic rings. The van der Waals surface area contributed by atoms with Crippen molar-refractivity contribution in [3.05, 3.63) is 188 Å². The highest BCUT2D eigenvalue weighted by molar-refractivity contribution is 6.15. The number of hydrogen-bond donors (Lipinski definition) is 0. The largest absolute Gasteiger partial charge is 0.456 e. The molecule has 3 heteroatoms. The Morgan fingerprint density at radius 2 is 0.887 bits per heavy atom. The lowest BCUT2D eigenvalue weighted by molar-refractivity contribution is 0.669. The van der Waals surface area contributed by atoms with Crippen LogP contribution >= 0.6 is 0 Å². The van der Waals surface area contributed by atoms with Gasteiger partial charge in [-0.1, -0.05) is 115 Å². The van der Waals surface area contributed by atoms with Crippen LogP contribution in [0.5, 0.6) is 0 Å². The van der Waals surface area contributed by atoms with E-state index in [1.165, 1.54) is 21.9 Å². The van der Waals surface area contributed by atoms with E-state index in [-0.39, 0.29) is 0 Å². The molecule has 0 bridgehead atoms. The van der Waals surface area contributed by atoms with E-state index in [2.05, 4.69) is 169 Å². The standard InChI is InChI=1S/C50H31NO2/c1-2-10-40-33(8-1)9-7-13-41(40)34-18-24-38(25-19-34)51(39-26-29-49-46(31-39)44-12-4-5-14-47(44)52-49)37-22-16-32(17-23-37)35-20-27-42-36(30-35)21-28-45-43-11-3-6-15-48(43)53-50(42)45/h1-31H. The number of anilines is 3. The Balaban J connectivity index is 1.01. The molecule has 2 aromatic heterocycles.